The van der Waals surface area contributed by atoms with Crippen molar-refractivity contribution in [3.05, 3.63) is 89.8 Å². The van der Waals surface area contributed by atoms with Crippen LogP contribution in [0, 0.1) is 0 Å². The highest BCUT2D eigenvalue weighted by Gasteiger charge is 2.05. The Hall–Kier alpha value is -3.44. The van der Waals surface area contributed by atoms with Gasteiger partial charge in [0.2, 0.25) is 5.13 Å². The van der Waals surface area contributed by atoms with E-state index in [9.17, 15) is 0 Å². The van der Waals surface area contributed by atoms with E-state index in [1.807, 2.05) is 47.8 Å². The van der Waals surface area contributed by atoms with Crippen molar-refractivity contribution in [2.24, 2.45) is 5.10 Å². The molecule has 0 radical (unpaired) electrons. The minimum atomic E-state index is 0.756. The number of ether oxygens (including phenoxy) is 1. The third-order valence-corrected chi connectivity index (χ3v) is 5.03. The molecule has 1 heterocycles. The predicted molar refractivity (Wildman–Crippen MR) is 117 cm³/mol. The van der Waals surface area contributed by atoms with Gasteiger partial charge in [0.25, 0.3) is 0 Å². The monoisotopic (exact) mass is 385 g/mol. The van der Waals surface area contributed by atoms with Crippen molar-refractivity contribution in [3.63, 3.8) is 0 Å². The molecule has 0 amide bonds. The first-order valence-corrected chi connectivity index (χ1v) is 9.74. The van der Waals surface area contributed by atoms with Crippen LogP contribution in [0.1, 0.15) is 5.56 Å². The molecule has 0 saturated heterocycles. The molecule has 4 rings (SSSR count). The van der Waals surface area contributed by atoms with Crippen LogP contribution in [0.4, 0.5) is 5.13 Å². The molecule has 1 aromatic heterocycles. The first-order valence-electron chi connectivity index (χ1n) is 8.86. The summed E-state index contributed by atoms with van der Waals surface area (Å²) in [6, 6.07) is 26.5. The summed E-state index contributed by atoms with van der Waals surface area (Å²) in [5, 5.41) is 7.05. The number of hydrazone groups is 1. The number of hydrogen-bond acceptors (Lipinski definition) is 5. The van der Waals surface area contributed by atoms with Gasteiger partial charge >= 0.3 is 0 Å². The molecule has 4 aromatic rings. The molecule has 5 heteroatoms. The quantitative estimate of drug-likeness (QED) is 0.330. The average molecular weight is 385 g/mol. The van der Waals surface area contributed by atoms with E-state index in [0.29, 0.717) is 0 Å². The van der Waals surface area contributed by atoms with Crippen molar-refractivity contribution in [1.29, 1.82) is 0 Å². The van der Waals surface area contributed by atoms with Gasteiger partial charge < -0.3 is 4.74 Å². The number of benzene rings is 3. The second-order valence-electron chi connectivity index (χ2n) is 6.12. The minimum Gasteiger partial charge on any atom is -0.497 e. The number of nitrogens with zero attached hydrogens (tertiary/aromatic N) is 2. The smallest absolute Gasteiger partial charge is 0.203 e. The zero-order valence-electron chi connectivity index (χ0n) is 15.4. The lowest BCUT2D eigenvalue weighted by molar-refractivity contribution is 0.415. The van der Waals surface area contributed by atoms with Crippen LogP contribution in [0.15, 0.2) is 89.3 Å². The molecule has 0 aliphatic carbocycles. The topological polar surface area (TPSA) is 46.5 Å². The highest BCUT2D eigenvalue weighted by molar-refractivity contribution is 7.14. The lowest BCUT2D eigenvalue weighted by Gasteiger charge is -2.02. The zero-order chi connectivity index (χ0) is 19.2. The van der Waals surface area contributed by atoms with Gasteiger partial charge in [-0.3, -0.25) is 5.43 Å². The molecule has 0 aliphatic rings. The Labute approximate surface area is 168 Å². The van der Waals surface area contributed by atoms with E-state index in [1.54, 1.807) is 13.3 Å². The van der Waals surface area contributed by atoms with Gasteiger partial charge in [0.1, 0.15) is 5.75 Å². The summed E-state index contributed by atoms with van der Waals surface area (Å²) in [7, 11) is 1.65. The zero-order valence-corrected chi connectivity index (χ0v) is 16.2. The van der Waals surface area contributed by atoms with Crippen LogP contribution >= 0.6 is 11.3 Å². The van der Waals surface area contributed by atoms with E-state index in [2.05, 4.69) is 51.9 Å². The number of anilines is 1. The Morgan fingerprint density at radius 1 is 0.857 bits per heavy atom. The lowest BCUT2D eigenvalue weighted by atomic mass is 10.0. The Balaban J connectivity index is 1.41. The second-order valence-corrected chi connectivity index (χ2v) is 6.98. The maximum absolute atomic E-state index is 5.15. The maximum atomic E-state index is 5.15. The number of thiazole rings is 1. The van der Waals surface area contributed by atoms with Gasteiger partial charge in [-0.25, -0.2) is 4.98 Å². The normalized spacial score (nSPS) is 10.9. The van der Waals surface area contributed by atoms with E-state index in [4.69, 9.17) is 4.74 Å². The first kappa shape index (κ1) is 17.9. The Morgan fingerprint density at radius 2 is 1.54 bits per heavy atom. The van der Waals surface area contributed by atoms with Crippen LogP contribution in [0.3, 0.4) is 0 Å². The van der Waals surface area contributed by atoms with Crippen LogP contribution in [0.5, 0.6) is 5.75 Å². The molecular formula is C23H19N3OS. The number of nitrogens with one attached hydrogen (secondary N) is 1. The number of methoxy groups -OCH3 is 1. The molecule has 28 heavy (non-hydrogen) atoms. The van der Waals surface area contributed by atoms with Crippen LogP contribution < -0.4 is 10.2 Å². The van der Waals surface area contributed by atoms with Gasteiger partial charge in [-0.05, 0) is 41.0 Å². The molecule has 1 N–H and O–H groups in total. The number of rotatable bonds is 6. The minimum absolute atomic E-state index is 0.756. The highest BCUT2D eigenvalue weighted by atomic mass is 32.1. The van der Waals surface area contributed by atoms with Gasteiger partial charge in [0.15, 0.2) is 0 Å². The van der Waals surface area contributed by atoms with Gasteiger partial charge in [0.05, 0.1) is 19.0 Å². The summed E-state index contributed by atoms with van der Waals surface area (Å²) in [6.07, 6.45) is 1.76. The summed E-state index contributed by atoms with van der Waals surface area (Å²) < 4.78 is 5.15. The molecule has 0 bridgehead atoms. The van der Waals surface area contributed by atoms with E-state index in [-0.39, 0.29) is 0 Å². The summed E-state index contributed by atoms with van der Waals surface area (Å²) >= 11 is 1.53. The SMILES string of the molecule is COc1ccc(C=NNc2nc(-c3ccc(-c4ccccc4)cc3)cs2)cc1. The number of hydrogen-bond donors (Lipinski definition) is 1. The first-order chi connectivity index (χ1) is 13.8. The molecule has 0 atom stereocenters. The Kier molecular flexibility index (Phi) is 5.45. The molecule has 0 fully saturated rings. The summed E-state index contributed by atoms with van der Waals surface area (Å²) in [5.74, 6) is 0.827. The molecular weight excluding hydrogens is 366 g/mol. The van der Waals surface area contributed by atoms with Crippen molar-refractivity contribution >= 4 is 22.7 Å². The fourth-order valence-electron chi connectivity index (χ4n) is 2.77. The fraction of sp³-hybridized carbons (Fsp3) is 0.0435. The summed E-state index contributed by atoms with van der Waals surface area (Å²) in [5.41, 5.74) is 8.41. The van der Waals surface area contributed by atoms with E-state index < -0.39 is 0 Å². The maximum Gasteiger partial charge on any atom is 0.203 e. The van der Waals surface area contributed by atoms with Crippen molar-refractivity contribution in [3.8, 4) is 28.1 Å². The third-order valence-electron chi connectivity index (χ3n) is 4.28. The Bertz CT molecular complexity index is 1060. The fourth-order valence-corrected chi connectivity index (χ4v) is 3.44. The molecule has 0 spiro atoms. The molecule has 0 unspecified atom stereocenters. The van der Waals surface area contributed by atoms with Crippen LogP contribution in [0.2, 0.25) is 0 Å². The molecule has 138 valence electrons. The molecule has 0 saturated carbocycles. The average Bonchev–Trinajstić information content (AvgIpc) is 3.24. The van der Waals surface area contributed by atoms with Crippen LogP contribution in [-0.2, 0) is 0 Å². The van der Waals surface area contributed by atoms with Crippen LogP contribution in [0.25, 0.3) is 22.4 Å². The highest BCUT2D eigenvalue weighted by Crippen LogP contribution is 2.27. The van der Waals surface area contributed by atoms with Crippen LogP contribution in [-0.4, -0.2) is 18.3 Å². The standard InChI is InChI=1S/C23H19N3OS/c1-27-21-13-7-17(8-14-21)15-24-26-23-25-22(16-28-23)20-11-9-19(10-12-20)18-5-3-2-4-6-18/h2-16H,1H3,(H,25,26). The van der Waals surface area contributed by atoms with Gasteiger partial charge in [-0.15, -0.1) is 11.3 Å². The predicted octanol–water partition coefficient (Wildman–Crippen LogP) is 5.93. The Morgan fingerprint density at radius 3 is 2.25 bits per heavy atom. The van der Waals surface area contributed by atoms with E-state index in [1.165, 1.54) is 22.5 Å². The number of aromatic nitrogens is 1. The van der Waals surface area contributed by atoms with E-state index >= 15 is 0 Å². The second kappa shape index (κ2) is 8.50. The van der Waals surface area contributed by atoms with Gasteiger partial charge in [-0.1, -0.05) is 54.6 Å². The van der Waals surface area contributed by atoms with Crippen molar-refractivity contribution < 1.29 is 4.74 Å². The largest absolute Gasteiger partial charge is 0.497 e. The van der Waals surface area contributed by atoms with E-state index in [0.717, 1.165) is 27.7 Å². The summed E-state index contributed by atoms with van der Waals surface area (Å²) in [6.45, 7) is 0. The lowest BCUT2D eigenvalue weighted by Crippen LogP contribution is -1.90. The van der Waals surface area contributed by atoms with Gasteiger partial charge in [0, 0.05) is 10.9 Å². The molecule has 4 nitrogen and oxygen atoms in total. The van der Waals surface area contributed by atoms with Gasteiger partial charge in [-0.2, -0.15) is 5.10 Å². The third kappa shape index (κ3) is 4.27. The summed E-state index contributed by atoms with van der Waals surface area (Å²) in [4.78, 5) is 4.62. The molecule has 0 aliphatic heterocycles. The molecule has 3 aromatic carbocycles. The van der Waals surface area contributed by atoms with Crippen molar-refractivity contribution in [1.82, 2.24) is 4.98 Å². The van der Waals surface area contributed by atoms with Crippen molar-refractivity contribution in [2.75, 3.05) is 12.5 Å². The van der Waals surface area contributed by atoms with Crippen molar-refractivity contribution in [2.45, 2.75) is 0 Å².